The Balaban J connectivity index is 2.28. The number of nitrogens with one attached hydrogen (secondary N) is 1. The first kappa shape index (κ1) is 14.5. The summed E-state index contributed by atoms with van der Waals surface area (Å²) in [6, 6.07) is -0.0310. The number of unbranched alkanes of at least 4 members (excludes halogenated alkanes) is 1. The summed E-state index contributed by atoms with van der Waals surface area (Å²) in [5, 5.41) is 3.09. The van der Waals surface area contributed by atoms with E-state index >= 15 is 0 Å². The topological polar surface area (TPSA) is 55.1 Å². The molecule has 100 valence electrons. The number of amides is 1. The molecule has 3 nitrogen and oxygen atoms in total. The molecule has 0 aromatic carbocycles. The molecule has 1 fully saturated rings. The van der Waals surface area contributed by atoms with Crippen molar-refractivity contribution in [3.63, 3.8) is 0 Å². The highest BCUT2D eigenvalue weighted by atomic mass is 16.2. The van der Waals surface area contributed by atoms with Crippen LogP contribution >= 0.6 is 0 Å². The number of carbonyl (C=O) groups is 1. The van der Waals surface area contributed by atoms with Crippen LogP contribution in [0.15, 0.2) is 0 Å². The van der Waals surface area contributed by atoms with Gasteiger partial charge >= 0.3 is 0 Å². The summed E-state index contributed by atoms with van der Waals surface area (Å²) >= 11 is 0. The lowest BCUT2D eigenvalue weighted by Gasteiger charge is -2.29. The monoisotopic (exact) mass is 240 g/mol. The molecule has 0 aromatic rings. The van der Waals surface area contributed by atoms with E-state index in [1.807, 2.05) is 0 Å². The molecular weight excluding hydrogens is 212 g/mol. The first-order valence-electron chi connectivity index (χ1n) is 7.21. The molecule has 2 unspecified atom stereocenters. The van der Waals surface area contributed by atoms with Crippen molar-refractivity contribution in [2.75, 3.05) is 0 Å². The molecule has 1 amide bonds. The quantitative estimate of drug-likeness (QED) is 0.750. The predicted molar refractivity (Wildman–Crippen MR) is 71.7 cm³/mol. The number of hydrogen-bond donors (Lipinski definition) is 2. The minimum atomic E-state index is -0.319. The first-order valence-corrected chi connectivity index (χ1v) is 7.21. The third-order valence-corrected chi connectivity index (χ3v) is 3.93. The lowest BCUT2D eigenvalue weighted by Crippen LogP contribution is -2.47. The average Bonchev–Trinajstić information content (AvgIpc) is 2.36. The van der Waals surface area contributed by atoms with E-state index in [0.717, 1.165) is 19.3 Å². The third kappa shape index (κ3) is 5.07. The van der Waals surface area contributed by atoms with E-state index in [0.29, 0.717) is 5.92 Å². The highest BCUT2D eigenvalue weighted by Crippen LogP contribution is 2.26. The summed E-state index contributed by atoms with van der Waals surface area (Å²) in [4.78, 5) is 11.9. The predicted octanol–water partition coefficient (Wildman–Crippen LogP) is 2.59. The van der Waals surface area contributed by atoms with Crippen LogP contribution in [-0.2, 0) is 4.79 Å². The van der Waals surface area contributed by atoms with Gasteiger partial charge in [0.1, 0.15) is 0 Å². The van der Waals surface area contributed by atoms with Crippen molar-refractivity contribution < 1.29 is 4.79 Å². The second-order valence-corrected chi connectivity index (χ2v) is 5.44. The van der Waals surface area contributed by atoms with Gasteiger partial charge in [0.25, 0.3) is 0 Å². The van der Waals surface area contributed by atoms with Crippen LogP contribution in [0.25, 0.3) is 0 Å². The zero-order valence-electron chi connectivity index (χ0n) is 11.4. The van der Waals surface area contributed by atoms with Gasteiger partial charge in [0.05, 0.1) is 6.04 Å². The van der Waals surface area contributed by atoms with Crippen molar-refractivity contribution in [1.29, 1.82) is 0 Å². The lowest BCUT2D eigenvalue weighted by atomic mass is 9.84. The largest absolute Gasteiger partial charge is 0.352 e. The minimum absolute atomic E-state index is 0.0384. The maximum absolute atomic E-state index is 11.9. The molecule has 1 aliphatic rings. The maximum Gasteiger partial charge on any atom is 0.237 e. The molecule has 0 heterocycles. The molecule has 3 N–H and O–H groups in total. The fourth-order valence-corrected chi connectivity index (χ4v) is 2.64. The number of carbonyl (C=O) groups excluding carboxylic acids is 1. The molecule has 17 heavy (non-hydrogen) atoms. The van der Waals surface area contributed by atoms with E-state index in [2.05, 4.69) is 19.2 Å². The fourth-order valence-electron chi connectivity index (χ4n) is 2.64. The number of rotatable bonds is 6. The van der Waals surface area contributed by atoms with Crippen LogP contribution in [0.2, 0.25) is 0 Å². The molecule has 0 spiro atoms. The Morgan fingerprint density at radius 2 is 2.00 bits per heavy atom. The van der Waals surface area contributed by atoms with Crippen LogP contribution in [0.4, 0.5) is 0 Å². The van der Waals surface area contributed by atoms with Gasteiger partial charge in [0, 0.05) is 6.04 Å². The first-order chi connectivity index (χ1) is 8.15. The molecule has 1 saturated carbocycles. The van der Waals surface area contributed by atoms with Gasteiger partial charge in [-0.1, -0.05) is 39.0 Å². The Kier molecular flexibility index (Phi) is 6.56. The molecule has 0 bridgehead atoms. The van der Waals surface area contributed by atoms with Gasteiger partial charge in [-0.3, -0.25) is 4.79 Å². The normalized spacial score (nSPS) is 20.9. The summed E-state index contributed by atoms with van der Waals surface area (Å²) in [5.41, 5.74) is 5.87. The summed E-state index contributed by atoms with van der Waals surface area (Å²) in [5.74, 6) is 0.697. The Bertz CT molecular complexity index is 224. The van der Waals surface area contributed by atoms with Crippen molar-refractivity contribution in [3.8, 4) is 0 Å². The second-order valence-electron chi connectivity index (χ2n) is 5.44. The Hall–Kier alpha value is -0.570. The molecule has 0 aliphatic heterocycles. The van der Waals surface area contributed by atoms with E-state index in [9.17, 15) is 4.79 Å². The maximum atomic E-state index is 11.9. The van der Waals surface area contributed by atoms with E-state index in [4.69, 9.17) is 5.73 Å². The molecule has 1 aliphatic carbocycles. The third-order valence-electron chi connectivity index (χ3n) is 3.93. The smallest absolute Gasteiger partial charge is 0.237 e. The van der Waals surface area contributed by atoms with Crippen molar-refractivity contribution >= 4 is 5.91 Å². The molecule has 0 aromatic heterocycles. The Labute approximate surface area is 106 Å². The van der Waals surface area contributed by atoms with Crippen molar-refractivity contribution in [2.24, 2.45) is 11.7 Å². The van der Waals surface area contributed by atoms with Gasteiger partial charge in [-0.05, 0) is 32.1 Å². The van der Waals surface area contributed by atoms with Crippen LogP contribution < -0.4 is 11.1 Å². The van der Waals surface area contributed by atoms with Gasteiger partial charge in [0.15, 0.2) is 0 Å². The number of hydrogen-bond acceptors (Lipinski definition) is 2. The van der Waals surface area contributed by atoms with Crippen LogP contribution in [0.1, 0.15) is 65.2 Å². The van der Waals surface area contributed by atoms with Crippen molar-refractivity contribution in [2.45, 2.75) is 77.3 Å². The van der Waals surface area contributed by atoms with Gasteiger partial charge < -0.3 is 11.1 Å². The zero-order chi connectivity index (χ0) is 12.7. The zero-order valence-corrected chi connectivity index (χ0v) is 11.4. The van der Waals surface area contributed by atoms with Crippen LogP contribution in [0, 0.1) is 5.92 Å². The molecule has 0 saturated heterocycles. The Morgan fingerprint density at radius 1 is 1.35 bits per heavy atom. The van der Waals surface area contributed by atoms with E-state index in [1.165, 1.54) is 32.1 Å². The summed E-state index contributed by atoms with van der Waals surface area (Å²) in [6.45, 7) is 4.25. The van der Waals surface area contributed by atoms with Gasteiger partial charge in [-0.2, -0.15) is 0 Å². The van der Waals surface area contributed by atoms with Crippen LogP contribution in [-0.4, -0.2) is 18.0 Å². The van der Waals surface area contributed by atoms with E-state index < -0.39 is 0 Å². The minimum Gasteiger partial charge on any atom is -0.352 e. The van der Waals surface area contributed by atoms with E-state index in [-0.39, 0.29) is 18.0 Å². The summed E-state index contributed by atoms with van der Waals surface area (Å²) < 4.78 is 0. The van der Waals surface area contributed by atoms with Crippen molar-refractivity contribution in [3.05, 3.63) is 0 Å². The van der Waals surface area contributed by atoms with Crippen LogP contribution in [0.5, 0.6) is 0 Å². The second kappa shape index (κ2) is 7.70. The summed E-state index contributed by atoms with van der Waals surface area (Å²) in [7, 11) is 0. The SMILES string of the molecule is CCCCC(N)C(=O)NC(C)C1CCCCC1. The average molecular weight is 240 g/mol. The highest BCUT2D eigenvalue weighted by Gasteiger charge is 2.23. The fraction of sp³-hybridized carbons (Fsp3) is 0.929. The standard InChI is InChI=1S/C14H28N2O/c1-3-4-10-13(15)14(17)16-11(2)12-8-6-5-7-9-12/h11-13H,3-10,15H2,1-2H3,(H,16,17). The van der Waals surface area contributed by atoms with Crippen LogP contribution in [0.3, 0.4) is 0 Å². The lowest BCUT2D eigenvalue weighted by molar-refractivity contribution is -0.123. The van der Waals surface area contributed by atoms with Gasteiger partial charge in [-0.25, -0.2) is 0 Å². The molecule has 2 atom stereocenters. The van der Waals surface area contributed by atoms with Gasteiger partial charge in [-0.15, -0.1) is 0 Å². The van der Waals surface area contributed by atoms with Gasteiger partial charge in [0.2, 0.25) is 5.91 Å². The number of nitrogens with two attached hydrogens (primary N) is 1. The Morgan fingerprint density at radius 3 is 2.59 bits per heavy atom. The molecule has 0 radical (unpaired) electrons. The molecule has 1 rings (SSSR count). The van der Waals surface area contributed by atoms with E-state index in [1.54, 1.807) is 0 Å². The molecular formula is C14H28N2O. The highest BCUT2D eigenvalue weighted by molar-refractivity contribution is 5.81. The van der Waals surface area contributed by atoms with Crippen molar-refractivity contribution in [1.82, 2.24) is 5.32 Å². The summed E-state index contributed by atoms with van der Waals surface area (Å²) in [6.07, 6.45) is 9.43. The molecule has 3 heteroatoms.